The van der Waals surface area contributed by atoms with Crippen molar-refractivity contribution >= 4 is 6.08 Å². The Morgan fingerprint density at radius 1 is 1.42 bits per heavy atom. The Labute approximate surface area is 71.6 Å². The summed E-state index contributed by atoms with van der Waals surface area (Å²) < 4.78 is 5.10. The van der Waals surface area contributed by atoms with E-state index < -0.39 is 0 Å². The third kappa shape index (κ3) is 1.01. The summed E-state index contributed by atoms with van der Waals surface area (Å²) in [4.78, 5) is 0. The molecule has 2 nitrogen and oxygen atoms in total. The third-order valence-electron chi connectivity index (χ3n) is 2.14. The maximum Gasteiger partial charge on any atom is 0.119 e. The van der Waals surface area contributed by atoms with Crippen molar-refractivity contribution in [2.24, 2.45) is 5.73 Å². The Morgan fingerprint density at radius 2 is 2.25 bits per heavy atom. The van der Waals surface area contributed by atoms with Crippen molar-refractivity contribution in [3.8, 4) is 5.75 Å². The lowest BCUT2D eigenvalue weighted by molar-refractivity contribution is 0.414. The lowest BCUT2D eigenvalue weighted by Crippen LogP contribution is -2.04. The molecule has 0 heterocycles. The SMILES string of the molecule is COc1ccc2c(c1)C(N)C=C2. The van der Waals surface area contributed by atoms with E-state index in [0.29, 0.717) is 0 Å². The molecular weight excluding hydrogens is 150 g/mol. The van der Waals surface area contributed by atoms with Crippen LogP contribution in [-0.4, -0.2) is 7.11 Å². The van der Waals surface area contributed by atoms with E-state index in [1.54, 1.807) is 7.11 Å². The summed E-state index contributed by atoms with van der Waals surface area (Å²) in [7, 11) is 1.66. The minimum Gasteiger partial charge on any atom is -0.497 e. The molecule has 12 heavy (non-hydrogen) atoms. The summed E-state index contributed by atoms with van der Waals surface area (Å²) in [5, 5.41) is 0. The van der Waals surface area contributed by atoms with Gasteiger partial charge in [0.2, 0.25) is 0 Å². The van der Waals surface area contributed by atoms with Crippen LogP contribution in [0.25, 0.3) is 6.08 Å². The van der Waals surface area contributed by atoms with Gasteiger partial charge in [-0.2, -0.15) is 0 Å². The highest BCUT2D eigenvalue weighted by Gasteiger charge is 2.13. The average Bonchev–Trinajstić information content (AvgIpc) is 2.47. The standard InChI is InChI=1S/C10H11NO/c1-12-8-4-2-7-3-5-10(11)9(7)6-8/h2-6,10H,11H2,1H3. The first-order valence-electron chi connectivity index (χ1n) is 3.93. The number of hydrogen-bond acceptors (Lipinski definition) is 2. The topological polar surface area (TPSA) is 35.2 Å². The van der Waals surface area contributed by atoms with Crippen LogP contribution < -0.4 is 10.5 Å². The molecule has 0 aromatic heterocycles. The minimum absolute atomic E-state index is 0.0371. The highest BCUT2D eigenvalue weighted by Crippen LogP contribution is 2.29. The molecule has 0 radical (unpaired) electrons. The first kappa shape index (κ1) is 7.37. The summed E-state index contributed by atoms with van der Waals surface area (Å²) in [5.41, 5.74) is 8.17. The molecule has 0 aliphatic heterocycles. The first-order valence-corrected chi connectivity index (χ1v) is 3.93. The summed E-state index contributed by atoms with van der Waals surface area (Å²) in [6.07, 6.45) is 4.03. The fraction of sp³-hybridized carbons (Fsp3) is 0.200. The Bertz CT molecular complexity index is 331. The van der Waals surface area contributed by atoms with E-state index in [4.69, 9.17) is 10.5 Å². The zero-order valence-electron chi connectivity index (χ0n) is 6.95. The second kappa shape index (κ2) is 2.64. The Balaban J connectivity index is 2.48. The monoisotopic (exact) mass is 161 g/mol. The van der Waals surface area contributed by atoms with Gasteiger partial charge in [0, 0.05) is 6.04 Å². The molecule has 1 unspecified atom stereocenters. The third-order valence-corrected chi connectivity index (χ3v) is 2.14. The maximum atomic E-state index is 5.83. The van der Waals surface area contributed by atoms with Gasteiger partial charge in [-0.25, -0.2) is 0 Å². The molecule has 1 aromatic rings. The van der Waals surface area contributed by atoms with Gasteiger partial charge in [0.05, 0.1) is 7.11 Å². The van der Waals surface area contributed by atoms with Crippen LogP contribution in [0.5, 0.6) is 5.75 Å². The largest absolute Gasteiger partial charge is 0.497 e. The van der Waals surface area contributed by atoms with E-state index >= 15 is 0 Å². The van der Waals surface area contributed by atoms with Crippen molar-refractivity contribution in [2.75, 3.05) is 7.11 Å². The zero-order chi connectivity index (χ0) is 8.55. The predicted molar refractivity (Wildman–Crippen MR) is 49.0 cm³/mol. The van der Waals surface area contributed by atoms with Gasteiger partial charge in [0.15, 0.2) is 0 Å². The summed E-state index contributed by atoms with van der Waals surface area (Å²) in [6, 6.07) is 5.99. The van der Waals surface area contributed by atoms with Crippen LogP contribution in [-0.2, 0) is 0 Å². The fourth-order valence-corrected chi connectivity index (χ4v) is 1.43. The molecule has 2 rings (SSSR count). The molecule has 1 aliphatic carbocycles. The van der Waals surface area contributed by atoms with Gasteiger partial charge in [0.25, 0.3) is 0 Å². The first-order chi connectivity index (χ1) is 5.81. The summed E-state index contributed by atoms with van der Waals surface area (Å²) >= 11 is 0. The number of ether oxygens (including phenoxy) is 1. The van der Waals surface area contributed by atoms with Crippen LogP contribution in [0.3, 0.4) is 0 Å². The van der Waals surface area contributed by atoms with Crippen LogP contribution in [0, 0.1) is 0 Å². The van der Waals surface area contributed by atoms with Crippen molar-refractivity contribution in [2.45, 2.75) is 6.04 Å². The molecule has 0 spiro atoms. The van der Waals surface area contributed by atoms with Gasteiger partial charge >= 0.3 is 0 Å². The number of methoxy groups -OCH3 is 1. The molecule has 62 valence electrons. The van der Waals surface area contributed by atoms with Gasteiger partial charge in [-0.15, -0.1) is 0 Å². The summed E-state index contributed by atoms with van der Waals surface area (Å²) in [5.74, 6) is 0.868. The Kier molecular flexibility index (Phi) is 1.62. The van der Waals surface area contributed by atoms with Crippen molar-refractivity contribution in [1.82, 2.24) is 0 Å². The number of nitrogens with two attached hydrogens (primary N) is 1. The lowest BCUT2D eigenvalue weighted by atomic mass is 10.1. The molecule has 0 fully saturated rings. The second-order valence-corrected chi connectivity index (χ2v) is 2.88. The molecule has 1 aliphatic rings. The molecule has 0 amide bonds. The molecular formula is C10H11NO. The Morgan fingerprint density at radius 3 is 3.00 bits per heavy atom. The minimum atomic E-state index is 0.0371. The molecule has 0 bridgehead atoms. The smallest absolute Gasteiger partial charge is 0.119 e. The van der Waals surface area contributed by atoms with Gasteiger partial charge in [-0.3, -0.25) is 0 Å². The predicted octanol–water partition coefficient (Wildman–Crippen LogP) is 1.72. The highest BCUT2D eigenvalue weighted by atomic mass is 16.5. The van der Waals surface area contributed by atoms with Gasteiger partial charge in [-0.05, 0) is 23.3 Å². The molecule has 1 aromatic carbocycles. The van der Waals surface area contributed by atoms with E-state index in [2.05, 4.69) is 0 Å². The molecule has 2 N–H and O–H groups in total. The highest BCUT2D eigenvalue weighted by molar-refractivity contribution is 5.63. The van der Waals surface area contributed by atoms with Gasteiger partial charge in [0.1, 0.15) is 5.75 Å². The van der Waals surface area contributed by atoms with E-state index in [1.807, 2.05) is 30.4 Å². The van der Waals surface area contributed by atoms with Crippen molar-refractivity contribution < 1.29 is 4.74 Å². The van der Waals surface area contributed by atoms with Crippen molar-refractivity contribution in [3.63, 3.8) is 0 Å². The molecule has 0 saturated heterocycles. The van der Waals surface area contributed by atoms with Crippen LogP contribution in [0.15, 0.2) is 24.3 Å². The molecule has 1 atom stereocenters. The number of rotatable bonds is 1. The fourth-order valence-electron chi connectivity index (χ4n) is 1.43. The van der Waals surface area contributed by atoms with Gasteiger partial charge < -0.3 is 10.5 Å². The summed E-state index contributed by atoms with van der Waals surface area (Å²) in [6.45, 7) is 0. The van der Waals surface area contributed by atoms with E-state index in [0.717, 1.165) is 11.3 Å². The molecule has 0 saturated carbocycles. The van der Waals surface area contributed by atoms with Crippen LogP contribution in [0.2, 0.25) is 0 Å². The normalized spacial score (nSPS) is 19.3. The number of fused-ring (bicyclic) bond motifs is 1. The second-order valence-electron chi connectivity index (χ2n) is 2.88. The average molecular weight is 161 g/mol. The van der Waals surface area contributed by atoms with Crippen molar-refractivity contribution in [1.29, 1.82) is 0 Å². The lowest BCUT2D eigenvalue weighted by Gasteiger charge is -2.06. The maximum absolute atomic E-state index is 5.83. The van der Waals surface area contributed by atoms with Crippen LogP contribution in [0.4, 0.5) is 0 Å². The van der Waals surface area contributed by atoms with E-state index in [-0.39, 0.29) is 6.04 Å². The van der Waals surface area contributed by atoms with Crippen LogP contribution in [0.1, 0.15) is 17.2 Å². The number of benzene rings is 1. The number of hydrogen-bond donors (Lipinski definition) is 1. The van der Waals surface area contributed by atoms with Crippen molar-refractivity contribution in [3.05, 3.63) is 35.4 Å². The quantitative estimate of drug-likeness (QED) is 0.680. The van der Waals surface area contributed by atoms with Crippen LogP contribution >= 0.6 is 0 Å². The van der Waals surface area contributed by atoms with E-state index in [1.165, 1.54) is 5.56 Å². The van der Waals surface area contributed by atoms with Gasteiger partial charge in [-0.1, -0.05) is 18.2 Å². The molecule has 2 heteroatoms. The van der Waals surface area contributed by atoms with E-state index in [9.17, 15) is 0 Å². The zero-order valence-corrected chi connectivity index (χ0v) is 6.95. The Hall–Kier alpha value is -1.28.